The number of hydrogen-bond donors (Lipinski definition) is 2. The van der Waals surface area contributed by atoms with Crippen molar-refractivity contribution in [2.75, 3.05) is 25.5 Å². The topological polar surface area (TPSA) is 68.2 Å². The summed E-state index contributed by atoms with van der Waals surface area (Å²) in [7, 11) is 3.35. The van der Waals surface area contributed by atoms with E-state index in [1.54, 1.807) is 24.9 Å². The van der Waals surface area contributed by atoms with Crippen molar-refractivity contribution in [2.45, 2.75) is 6.92 Å². The van der Waals surface area contributed by atoms with Crippen molar-refractivity contribution in [3.63, 3.8) is 0 Å². The van der Waals surface area contributed by atoms with Gasteiger partial charge >= 0.3 is 0 Å². The third-order valence-electron chi connectivity index (χ3n) is 3.15. The van der Waals surface area contributed by atoms with Gasteiger partial charge in [0.1, 0.15) is 0 Å². The van der Waals surface area contributed by atoms with Gasteiger partial charge in [0.25, 0.3) is 0 Å². The molecule has 1 amide bonds. The molecule has 0 bridgehead atoms. The van der Waals surface area contributed by atoms with E-state index in [0.29, 0.717) is 17.6 Å². The summed E-state index contributed by atoms with van der Waals surface area (Å²) in [6.07, 6.45) is 0. The Balaban J connectivity index is 2.02. The van der Waals surface area contributed by atoms with Crippen LogP contribution in [0.2, 0.25) is 0 Å². The monoisotopic (exact) mass is 238 g/mol. The van der Waals surface area contributed by atoms with Crippen LogP contribution >= 0.6 is 0 Å². The molecule has 0 radical (unpaired) electrons. The first-order chi connectivity index (χ1) is 8.11. The second-order valence-corrected chi connectivity index (χ2v) is 4.43. The Morgan fingerprint density at radius 2 is 2.41 bits per heavy atom. The normalized spacial score (nSPS) is 23.7. The minimum Gasteiger partial charge on any atom is -0.481 e. The average molecular weight is 238 g/mol. The maximum atomic E-state index is 12.0. The van der Waals surface area contributed by atoms with Crippen LogP contribution in [0.15, 0.2) is 6.07 Å². The minimum absolute atomic E-state index is 0.0167. The second-order valence-electron chi connectivity index (χ2n) is 4.43. The number of aryl methyl sites for hydroxylation is 1. The maximum absolute atomic E-state index is 12.0. The van der Waals surface area contributed by atoms with Gasteiger partial charge in [-0.25, -0.2) is 4.68 Å². The van der Waals surface area contributed by atoms with E-state index in [1.807, 2.05) is 0 Å². The first kappa shape index (κ1) is 11.9. The van der Waals surface area contributed by atoms with Gasteiger partial charge in [-0.05, 0) is 12.5 Å². The molecule has 2 atom stereocenters. The first-order valence-electron chi connectivity index (χ1n) is 5.71. The van der Waals surface area contributed by atoms with Gasteiger partial charge in [0.2, 0.25) is 11.8 Å². The molecule has 6 nitrogen and oxygen atoms in total. The van der Waals surface area contributed by atoms with Crippen molar-refractivity contribution in [2.24, 2.45) is 18.9 Å². The Hall–Kier alpha value is -1.56. The van der Waals surface area contributed by atoms with E-state index in [2.05, 4.69) is 22.7 Å². The van der Waals surface area contributed by atoms with E-state index in [9.17, 15) is 4.79 Å². The summed E-state index contributed by atoms with van der Waals surface area (Å²) in [6.45, 7) is 3.70. The summed E-state index contributed by atoms with van der Waals surface area (Å²) < 4.78 is 6.68. The molecule has 0 saturated carbocycles. The lowest BCUT2D eigenvalue weighted by Gasteiger charge is -2.12. The minimum atomic E-state index is 0.0167. The Morgan fingerprint density at radius 1 is 1.65 bits per heavy atom. The zero-order chi connectivity index (χ0) is 12.4. The predicted octanol–water partition coefficient (Wildman–Crippen LogP) is 0.223. The van der Waals surface area contributed by atoms with Crippen LogP contribution in [0.3, 0.4) is 0 Å². The van der Waals surface area contributed by atoms with Gasteiger partial charge < -0.3 is 15.4 Å². The van der Waals surface area contributed by atoms with Crippen LogP contribution < -0.4 is 15.4 Å². The van der Waals surface area contributed by atoms with E-state index >= 15 is 0 Å². The summed E-state index contributed by atoms with van der Waals surface area (Å²) in [5, 5.41) is 10.2. The summed E-state index contributed by atoms with van der Waals surface area (Å²) in [5.74, 6) is 1.55. The molecule has 1 fully saturated rings. The van der Waals surface area contributed by atoms with E-state index < -0.39 is 0 Å². The molecule has 0 spiro atoms. The lowest BCUT2D eigenvalue weighted by atomic mass is 9.97. The number of methoxy groups -OCH3 is 1. The van der Waals surface area contributed by atoms with Crippen LogP contribution in [0.5, 0.6) is 5.88 Å². The Bertz CT molecular complexity index is 416. The largest absolute Gasteiger partial charge is 0.481 e. The average Bonchev–Trinajstić information content (AvgIpc) is 2.84. The molecule has 0 aliphatic carbocycles. The maximum Gasteiger partial charge on any atom is 0.230 e. The van der Waals surface area contributed by atoms with Crippen LogP contribution in [0.25, 0.3) is 0 Å². The molecular weight excluding hydrogens is 220 g/mol. The van der Waals surface area contributed by atoms with Crippen LogP contribution in [0.4, 0.5) is 5.82 Å². The van der Waals surface area contributed by atoms with Gasteiger partial charge in [-0.1, -0.05) is 6.92 Å². The zero-order valence-electron chi connectivity index (χ0n) is 10.4. The Kier molecular flexibility index (Phi) is 3.33. The fraction of sp³-hybridized carbons (Fsp3) is 0.636. The molecule has 1 aliphatic heterocycles. The van der Waals surface area contributed by atoms with Crippen LogP contribution in [0, 0.1) is 11.8 Å². The number of hydrogen-bond acceptors (Lipinski definition) is 4. The number of ether oxygens (including phenoxy) is 1. The lowest BCUT2D eigenvalue weighted by Crippen LogP contribution is -2.28. The smallest absolute Gasteiger partial charge is 0.230 e. The molecule has 17 heavy (non-hydrogen) atoms. The highest BCUT2D eigenvalue weighted by Gasteiger charge is 2.29. The molecule has 2 heterocycles. The molecule has 2 unspecified atom stereocenters. The summed E-state index contributed by atoms with van der Waals surface area (Å²) in [5.41, 5.74) is 0. The van der Waals surface area contributed by atoms with Gasteiger partial charge in [0, 0.05) is 19.7 Å². The molecule has 1 saturated heterocycles. The molecular formula is C11H18N4O2. The van der Waals surface area contributed by atoms with Crippen LogP contribution in [-0.4, -0.2) is 35.9 Å². The van der Waals surface area contributed by atoms with Crippen LogP contribution in [-0.2, 0) is 11.8 Å². The number of anilines is 1. The highest BCUT2D eigenvalue weighted by molar-refractivity contribution is 5.92. The summed E-state index contributed by atoms with van der Waals surface area (Å²) >= 11 is 0. The highest BCUT2D eigenvalue weighted by atomic mass is 16.5. The van der Waals surface area contributed by atoms with Gasteiger partial charge in [-0.3, -0.25) is 4.79 Å². The number of nitrogens with one attached hydrogen (secondary N) is 2. The fourth-order valence-electron chi connectivity index (χ4n) is 2.08. The lowest BCUT2D eigenvalue weighted by molar-refractivity contribution is -0.120. The Labute approximate surface area is 100 Å². The molecule has 1 aliphatic rings. The number of amides is 1. The summed E-state index contributed by atoms with van der Waals surface area (Å²) in [4.78, 5) is 12.0. The molecule has 0 aromatic carbocycles. The fourth-order valence-corrected chi connectivity index (χ4v) is 2.08. The first-order valence-corrected chi connectivity index (χ1v) is 5.71. The van der Waals surface area contributed by atoms with E-state index in [4.69, 9.17) is 4.74 Å². The molecule has 6 heteroatoms. The number of aromatic nitrogens is 2. The van der Waals surface area contributed by atoms with Gasteiger partial charge in [0.15, 0.2) is 5.82 Å². The van der Waals surface area contributed by atoms with Crippen molar-refractivity contribution < 1.29 is 9.53 Å². The van der Waals surface area contributed by atoms with E-state index in [-0.39, 0.29) is 11.8 Å². The quantitative estimate of drug-likeness (QED) is 0.790. The van der Waals surface area contributed by atoms with Crippen molar-refractivity contribution >= 4 is 11.7 Å². The van der Waals surface area contributed by atoms with E-state index in [0.717, 1.165) is 13.1 Å². The molecule has 2 N–H and O–H groups in total. The van der Waals surface area contributed by atoms with Gasteiger partial charge in [-0.2, -0.15) is 5.10 Å². The standard InChI is InChI=1S/C11H18N4O2/c1-7-5-12-6-8(7)11(16)13-9-4-10(17-3)15(2)14-9/h4,7-8,12H,5-6H2,1-3H3,(H,13,14,16). The van der Waals surface area contributed by atoms with Crippen molar-refractivity contribution in [1.29, 1.82) is 0 Å². The second kappa shape index (κ2) is 4.75. The molecule has 2 rings (SSSR count). The number of carbonyl (C=O) groups excluding carboxylic acids is 1. The molecule has 1 aromatic heterocycles. The Morgan fingerprint density at radius 3 is 2.94 bits per heavy atom. The third-order valence-corrected chi connectivity index (χ3v) is 3.15. The van der Waals surface area contributed by atoms with Crippen molar-refractivity contribution in [3.05, 3.63) is 6.07 Å². The number of carbonyl (C=O) groups is 1. The third kappa shape index (κ3) is 2.41. The molecule has 1 aromatic rings. The predicted molar refractivity (Wildman–Crippen MR) is 63.9 cm³/mol. The van der Waals surface area contributed by atoms with E-state index in [1.165, 1.54) is 0 Å². The zero-order valence-corrected chi connectivity index (χ0v) is 10.4. The highest BCUT2D eigenvalue weighted by Crippen LogP contribution is 2.20. The number of nitrogens with zero attached hydrogens (tertiary/aromatic N) is 2. The molecule has 94 valence electrons. The summed E-state index contributed by atoms with van der Waals surface area (Å²) in [6, 6.07) is 1.71. The van der Waals surface area contributed by atoms with Crippen LogP contribution in [0.1, 0.15) is 6.92 Å². The SMILES string of the molecule is COc1cc(NC(=O)C2CNCC2C)nn1C. The van der Waals surface area contributed by atoms with Crippen molar-refractivity contribution in [3.8, 4) is 5.88 Å². The van der Waals surface area contributed by atoms with Gasteiger partial charge in [-0.15, -0.1) is 0 Å². The number of rotatable bonds is 3. The van der Waals surface area contributed by atoms with Crippen molar-refractivity contribution in [1.82, 2.24) is 15.1 Å². The van der Waals surface area contributed by atoms with Gasteiger partial charge in [0.05, 0.1) is 13.0 Å².